The average molecular weight is 400 g/mol. The van der Waals surface area contributed by atoms with E-state index >= 15 is 0 Å². The van der Waals surface area contributed by atoms with Crippen molar-refractivity contribution in [3.05, 3.63) is 52.0 Å². The quantitative estimate of drug-likeness (QED) is 0.356. The third kappa shape index (κ3) is 3.93. The Labute approximate surface area is 157 Å². The Bertz CT molecular complexity index is 863. The molecule has 25 heavy (non-hydrogen) atoms. The molecular formula is C15H13Cl2N4O3S+. The van der Waals surface area contributed by atoms with Crippen molar-refractivity contribution in [2.24, 2.45) is 5.10 Å². The van der Waals surface area contributed by atoms with E-state index < -0.39 is 0 Å². The molecule has 0 spiro atoms. The standard InChI is InChI=1S/C15H12Cl2N4O3S/c16-9-2-3-11(10(17)6-9)21-15(18-19-20-21)25-7-14(24)8-1-4-12(22)13(23)5-8/h1-6,19-20,22-23H,7H2/p+1. The number of carbonyl (C=O) groups is 1. The van der Waals surface area contributed by atoms with E-state index in [1.165, 1.54) is 30.0 Å². The molecule has 7 nitrogen and oxygen atoms in total. The number of quaternary nitrogens is 1. The topological polar surface area (TPSA) is 102 Å². The van der Waals surface area contributed by atoms with E-state index in [9.17, 15) is 15.0 Å². The Morgan fingerprint density at radius 1 is 1.20 bits per heavy atom. The molecule has 5 N–H and O–H groups in total. The summed E-state index contributed by atoms with van der Waals surface area (Å²) in [4.78, 5) is 12.3. The van der Waals surface area contributed by atoms with E-state index in [2.05, 4.69) is 10.6 Å². The fourth-order valence-corrected chi connectivity index (χ4v) is 3.45. The molecule has 1 aliphatic heterocycles. The molecule has 2 aromatic rings. The van der Waals surface area contributed by atoms with Crippen LogP contribution < -0.4 is 16.1 Å². The van der Waals surface area contributed by atoms with Crippen LogP contribution in [0.25, 0.3) is 0 Å². The number of thioether (sulfide) groups is 1. The monoisotopic (exact) mass is 399 g/mol. The van der Waals surface area contributed by atoms with Crippen LogP contribution in [0.3, 0.4) is 0 Å². The van der Waals surface area contributed by atoms with E-state index in [0.29, 0.717) is 26.5 Å². The second kappa shape index (κ2) is 7.40. The molecule has 1 heterocycles. The molecule has 2 aromatic carbocycles. The van der Waals surface area contributed by atoms with Gasteiger partial charge in [-0.2, -0.15) is 0 Å². The predicted molar refractivity (Wildman–Crippen MR) is 98.0 cm³/mol. The van der Waals surface area contributed by atoms with Gasteiger partial charge < -0.3 is 10.2 Å². The minimum atomic E-state index is -0.335. The zero-order chi connectivity index (χ0) is 18.0. The lowest BCUT2D eigenvalue weighted by molar-refractivity contribution is -0.703. The summed E-state index contributed by atoms with van der Waals surface area (Å²) < 4.78 is 0. The number of phenols is 2. The number of hydrazone groups is 1. The molecule has 0 amide bonds. The minimum Gasteiger partial charge on any atom is -0.504 e. The highest BCUT2D eigenvalue weighted by Crippen LogP contribution is 2.29. The van der Waals surface area contributed by atoms with Crippen LogP contribution in [0.4, 0.5) is 5.69 Å². The molecule has 3 rings (SSSR count). The Kier molecular flexibility index (Phi) is 5.24. The number of phenolic OH excluding ortho intramolecular Hbond substituents is 2. The minimum absolute atomic E-state index is 0.0975. The number of nitrogens with zero attached hydrogens (tertiary/aromatic N) is 2. The van der Waals surface area contributed by atoms with Crippen molar-refractivity contribution in [2.45, 2.75) is 0 Å². The fourth-order valence-electron chi connectivity index (χ4n) is 2.11. The molecule has 0 saturated heterocycles. The lowest BCUT2D eigenvalue weighted by atomic mass is 10.1. The van der Waals surface area contributed by atoms with Gasteiger partial charge in [-0.25, -0.2) is 0 Å². The van der Waals surface area contributed by atoms with E-state index in [1.807, 2.05) is 0 Å². The van der Waals surface area contributed by atoms with Crippen molar-refractivity contribution in [3.8, 4) is 11.5 Å². The second-order valence-electron chi connectivity index (χ2n) is 5.03. The highest BCUT2D eigenvalue weighted by Gasteiger charge is 2.26. The number of anilines is 1. The Morgan fingerprint density at radius 3 is 2.72 bits per heavy atom. The van der Waals surface area contributed by atoms with Crippen LogP contribution in [0.15, 0.2) is 41.5 Å². The van der Waals surface area contributed by atoms with Crippen molar-refractivity contribution in [2.75, 3.05) is 10.8 Å². The Morgan fingerprint density at radius 2 is 2.00 bits per heavy atom. The summed E-state index contributed by atoms with van der Waals surface area (Å²) in [7, 11) is 0. The second-order valence-corrected chi connectivity index (χ2v) is 6.82. The van der Waals surface area contributed by atoms with Crippen LogP contribution >= 0.6 is 35.0 Å². The fraction of sp³-hybridized carbons (Fsp3) is 0.0667. The number of rotatable bonds is 4. The molecule has 0 saturated carbocycles. The van der Waals surface area contributed by atoms with Gasteiger partial charge in [-0.3, -0.25) is 4.79 Å². The number of nitrogens with one attached hydrogen (secondary N) is 1. The van der Waals surface area contributed by atoms with Crippen LogP contribution in [0.5, 0.6) is 11.5 Å². The first-order chi connectivity index (χ1) is 12.0. The van der Waals surface area contributed by atoms with Gasteiger partial charge in [0.15, 0.2) is 17.3 Å². The number of aromatic hydroxyl groups is 2. The number of benzene rings is 2. The summed E-state index contributed by atoms with van der Waals surface area (Å²) in [6.45, 7) is 0. The van der Waals surface area contributed by atoms with Crippen molar-refractivity contribution >= 4 is 51.6 Å². The van der Waals surface area contributed by atoms with E-state index in [1.54, 1.807) is 28.7 Å². The van der Waals surface area contributed by atoms with Gasteiger partial charge in [0.05, 0.1) is 10.8 Å². The van der Waals surface area contributed by atoms with Gasteiger partial charge in [-0.1, -0.05) is 40.1 Å². The molecule has 0 aromatic heterocycles. The molecule has 0 radical (unpaired) electrons. The summed E-state index contributed by atoms with van der Waals surface area (Å²) in [5, 5.41) is 26.2. The van der Waals surface area contributed by atoms with Gasteiger partial charge in [0.1, 0.15) is 5.69 Å². The first kappa shape index (κ1) is 17.7. The highest BCUT2D eigenvalue weighted by molar-refractivity contribution is 8.14. The van der Waals surface area contributed by atoms with Crippen LogP contribution in [-0.2, 0) is 0 Å². The first-order valence-electron chi connectivity index (χ1n) is 7.04. The van der Waals surface area contributed by atoms with Crippen molar-refractivity contribution in [3.63, 3.8) is 0 Å². The molecule has 0 fully saturated rings. The predicted octanol–water partition coefficient (Wildman–Crippen LogP) is 2.09. The van der Waals surface area contributed by atoms with Crippen LogP contribution in [0, 0.1) is 0 Å². The normalized spacial score (nSPS) is 13.5. The van der Waals surface area contributed by atoms with Crippen molar-refractivity contribution in [1.82, 2.24) is 5.53 Å². The zero-order valence-electron chi connectivity index (χ0n) is 12.6. The van der Waals surface area contributed by atoms with Gasteiger partial charge in [-0.05, 0) is 36.4 Å². The highest BCUT2D eigenvalue weighted by atomic mass is 35.5. The molecule has 0 bridgehead atoms. The van der Waals surface area contributed by atoms with Crippen LogP contribution in [0.2, 0.25) is 10.0 Å². The third-order valence-electron chi connectivity index (χ3n) is 3.35. The maximum Gasteiger partial charge on any atom is 0.243 e. The number of Topliss-reactive ketones (excluding diaryl/α,β-unsaturated/α-hetero) is 1. The number of nitrogens with two attached hydrogens (primary N) is 1. The number of ketones is 1. The van der Waals surface area contributed by atoms with Crippen LogP contribution in [-0.4, -0.2) is 26.9 Å². The largest absolute Gasteiger partial charge is 0.504 e. The van der Waals surface area contributed by atoms with E-state index in [0.717, 1.165) is 0 Å². The smallest absolute Gasteiger partial charge is 0.243 e. The molecule has 0 aliphatic carbocycles. The van der Waals surface area contributed by atoms with Gasteiger partial charge >= 0.3 is 0 Å². The maximum absolute atomic E-state index is 12.3. The number of halogens is 2. The van der Waals surface area contributed by atoms with Crippen molar-refractivity contribution in [1.29, 1.82) is 0 Å². The van der Waals surface area contributed by atoms with Gasteiger partial charge in [-0.15, -0.1) is 16.1 Å². The van der Waals surface area contributed by atoms with E-state index in [4.69, 9.17) is 23.2 Å². The summed E-state index contributed by atoms with van der Waals surface area (Å²) in [6, 6.07) is 9.04. The number of hydrogen-bond acceptors (Lipinski definition) is 7. The van der Waals surface area contributed by atoms with Crippen molar-refractivity contribution < 1.29 is 20.5 Å². The zero-order valence-corrected chi connectivity index (χ0v) is 14.9. The van der Waals surface area contributed by atoms with Gasteiger partial charge in [0, 0.05) is 10.6 Å². The molecule has 1 aliphatic rings. The van der Waals surface area contributed by atoms with Crippen LogP contribution in [0.1, 0.15) is 10.4 Å². The number of amidine groups is 1. The summed E-state index contributed by atoms with van der Waals surface area (Å²) in [5.41, 5.74) is 5.33. The third-order valence-corrected chi connectivity index (χ3v) is 4.84. The number of carbonyl (C=O) groups excluding carboxylic acids is 1. The SMILES string of the molecule is O=C(CSC1=NN[NH2+]N1c1ccc(Cl)cc1Cl)c1ccc(O)c(O)c1. The maximum atomic E-state index is 12.3. The summed E-state index contributed by atoms with van der Waals surface area (Å²) in [6.07, 6.45) is 0. The average Bonchev–Trinajstić information content (AvgIpc) is 3.03. The summed E-state index contributed by atoms with van der Waals surface area (Å²) in [5.74, 6) is -0.720. The number of hydrogen-bond donors (Lipinski definition) is 4. The Balaban J connectivity index is 1.69. The molecule has 130 valence electrons. The van der Waals surface area contributed by atoms with E-state index in [-0.39, 0.29) is 23.0 Å². The lowest BCUT2D eigenvalue weighted by Gasteiger charge is -2.15. The molecule has 10 heteroatoms. The molecule has 0 unspecified atom stereocenters. The Hall–Kier alpha value is -2.13. The lowest BCUT2D eigenvalue weighted by Crippen LogP contribution is -2.98. The molecular weight excluding hydrogens is 387 g/mol. The first-order valence-corrected chi connectivity index (χ1v) is 8.78. The van der Waals surface area contributed by atoms with Gasteiger partial charge in [0.2, 0.25) is 5.17 Å². The molecule has 0 atom stereocenters. The van der Waals surface area contributed by atoms with Gasteiger partial charge in [0.25, 0.3) is 0 Å². The summed E-state index contributed by atoms with van der Waals surface area (Å²) >= 11 is 13.3.